The maximum Gasteiger partial charge on any atom is 0.534 e. The van der Waals surface area contributed by atoms with Gasteiger partial charge in [-0.05, 0) is 6.07 Å². The van der Waals surface area contributed by atoms with Crippen LogP contribution in [0.15, 0.2) is 18.2 Å². The van der Waals surface area contributed by atoms with Gasteiger partial charge in [-0.25, -0.2) is 0 Å². The highest BCUT2D eigenvalue weighted by atomic mass is 35.5. The largest absolute Gasteiger partial charge is 0.534 e. The van der Waals surface area contributed by atoms with Crippen molar-refractivity contribution in [2.45, 2.75) is 5.51 Å². The van der Waals surface area contributed by atoms with E-state index in [1.807, 2.05) is 0 Å². The van der Waals surface area contributed by atoms with Crippen LogP contribution in [0.2, 0.25) is 10.0 Å². The number of rotatable bonds is 2. The predicted octanol–water partition coefficient (Wildman–Crippen LogP) is 3.22. The molecule has 0 unspecified atom stereocenters. The molecule has 0 spiro atoms. The Kier molecular flexibility index (Phi) is 3.61. The van der Waals surface area contributed by atoms with Crippen LogP contribution in [-0.2, 0) is 10.1 Å². The van der Waals surface area contributed by atoms with Crippen LogP contribution in [0.25, 0.3) is 0 Å². The predicted molar refractivity (Wildman–Crippen MR) is 52.1 cm³/mol. The van der Waals surface area contributed by atoms with Gasteiger partial charge in [-0.1, -0.05) is 23.2 Å². The molecule has 0 saturated carbocycles. The van der Waals surface area contributed by atoms with Crippen molar-refractivity contribution in [2.75, 3.05) is 0 Å². The third-order valence-electron chi connectivity index (χ3n) is 1.33. The van der Waals surface area contributed by atoms with Gasteiger partial charge in [-0.15, -0.1) is 0 Å². The first-order valence-corrected chi connectivity index (χ1v) is 5.75. The maximum atomic E-state index is 11.9. The van der Waals surface area contributed by atoms with Crippen LogP contribution < -0.4 is 4.18 Å². The van der Waals surface area contributed by atoms with Crippen molar-refractivity contribution in [1.82, 2.24) is 0 Å². The molecule has 0 fully saturated rings. The summed E-state index contributed by atoms with van der Waals surface area (Å²) in [5.74, 6) is -0.602. The Hall–Kier alpha value is -0.660. The van der Waals surface area contributed by atoms with Gasteiger partial charge in [0.25, 0.3) is 0 Å². The van der Waals surface area contributed by atoms with Gasteiger partial charge in [0.15, 0.2) is 0 Å². The van der Waals surface area contributed by atoms with E-state index in [4.69, 9.17) is 23.2 Å². The van der Waals surface area contributed by atoms with Crippen LogP contribution >= 0.6 is 23.2 Å². The minimum absolute atomic E-state index is 0.0418. The van der Waals surface area contributed by atoms with Crippen molar-refractivity contribution < 1.29 is 25.8 Å². The average molecular weight is 295 g/mol. The van der Waals surface area contributed by atoms with E-state index in [0.717, 1.165) is 12.1 Å². The SMILES string of the molecule is O=S(=O)(Oc1cc(Cl)cc(Cl)c1)C(F)(F)F. The molecule has 0 N–H and O–H groups in total. The summed E-state index contributed by atoms with van der Waals surface area (Å²) in [6.45, 7) is 0. The quantitative estimate of drug-likeness (QED) is 0.621. The lowest BCUT2D eigenvalue weighted by Crippen LogP contribution is -2.28. The van der Waals surface area contributed by atoms with E-state index in [-0.39, 0.29) is 10.0 Å². The summed E-state index contributed by atoms with van der Waals surface area (Å²) < 4.78 is 60.9. The molecule has 0 atom stereocenters. The molecule has 0 heterocycles. The van der Waals surface area contributed by atoms with Crippen molar-refractivity contribution in [3.8, 4) is 5.75 Å². The van der Waals surface area contributed by atoms with Crippen molar-refractivity contribution >= 4 is 33.3 Å². The molecule has 0 saturated heterocycles. The van der Waals surface area contributed by atoms with Crippen molar-refractivity contribution in [3.63, 3.8) is 0 Å². The highest BCUT2D eigenvalue weighted by molar-refractivity contribution is 7.88. The second-order valence-electron chi connectivity index (χ2n) is 2.59. The molecular formula is C7H3Cl2F3O3S. The molecule has 0 bridgehead atoms. The first-order chi connectivity index (χ1) is 7.12. The Labute approximate surface area is 98.8 Å². The van der Waals surface area contributed by atoms with Crippen molar-refractivity contribution in [2.24, 2.45) is 0 Å². The van der Waals surface area contributed by atoms with Gasteiger partial charge in [0.1, 0.15) is 5.75 Å². The van der Waals surface area contributed by atoms with Crippen LogP contribution in [0.5, 0.6) is 5.75 Å². The van der Waals surface area contributed by atoms with Gasteiger partial charge >= 0.3 is 15.6 Å². The summed E-state index contributed by atoms with van der Waals surface area (Å²) in [6.07, 6.45) is 0. The van der Waals surface area contributed by atoms with Crippen molar-refractivity contribution in [3.05, 3.63) is 28.2 Å². The lowest BCUT2D eigenvalue weighted by molar-refractivity contribution is -0.0500. The molecule has 0 aliphatic carbocycles. The molecule has 9 heteroatoms. The zero-order valence-electron chi connectivity index (χ0n) is 7.25. The summed E-state index contributed by atoms with van der Waals surface area (Å²) in [5, 5.41) is -0.0836. The number of halogens is 5. The second kappa shape index (κ2) is 4.31. The lowest BCUT2D eigenvalue weighted by atomic mass is 10.3. The standard InChI is InChI=1S/C7H3Cl2F3O3S/c8-4-1-5(9)3-6(2-4)15-16(13,14)7(10,11)12/h1-3H. The number of benzene rings is 1. The fourth-order valence-corrected chi connectivity index (χ4v) is 1.70. The van der Waals surface area contributed by atoms with E-state index in [1.54, 1.807) is 0 Å². The van der Waals surface area contributed by atoms with E-state index in [2.05, 4.69) is 4.18 Å². The summed E-state index contributed by atoms with van der Waals surface area (Å²) in [6, 6.07) is 3.02. The highest BCUT2D eigenvalue weighted by Crippen LogP contribution is 2.30. The van der Waals surface area contributed by atoms with Gasteiger partial charge < -0.3 is 4.18 Å². The molecule has 3 nitrogen and oxygen atoms in total. The van der Waals surface area contributed by atoms with Crippen molar-refractivity contribution in [1.29, 1.82) is 0 Å². The Morgan fingerprint density at radius 2 is 1.50 bits per heavy atom. The van der Waals surface area contributed by atoms with Crippen LogP contribution in [0.4, 0.5) is 13.2 Å². The molecule has 90 valence electrons. The first-order valence-electron chi connectivity index (χ1n) is 3.59. The van der Waals surface area contributed by atoms with Gasteiger partial charge in [0.05, 0.1) is 0 Å². The van der Waals surface area contributed by atoms with E-state index in [0.29, 0.717) is 0 Å². The fourth-order valence-electron chi connectivity index (χ4n) is 0.751. The topological polar surface area (TPSA) is 43.4 Å². The molecule has 0 radical (unpaired) electrons. The average Bonchev–Trinajstić information content (AvgIpc) is 1.97. The van der Waals surface area contributed by atoms with E-state index < -0.39 is 21.4 Å². The van der Waals surface area contributed by atoms with Gasteiger partial charge in [-0.2, -0.15) is 21.6 Å². The molecular weight excluding hydrogens is 292 g/mol. The number of hydrogen-bond donors (Lipinski definition) is 0. The van der Waals surface area contributed by atoms with Crippen LogP contribution in [0.1, 0.15) is 0 Å². The Balaban J connectivity index is 3.07. The Morgan fingerprint density at radius 1 is 1.06 bits per heavy atom. The first kappa shape index (κ1) is 13.4. The number of alkyl halides is 3. The zero-order valence-corrected chi connectivity index (χ0v) is 9.58. The maximum absolute atomic E-state index is 11.9. The zero-order chi connectivity index (χ0) is 12.6. The third-order valence-corrected chi connectivity index (χ3v) is 2.74. The summed E-state index contributed by atoms with van der Waals surface area (Å²) in [7, 11) is -5.70. The highest BCUT2D eigenvalue weighted by Gasteiger charge is 2.48. The Morgan fingerprint density at radius 3 is 1.88 bits per heavy atom. The monoisotopic (exact) mass is 294 g/mol. The van der Waals surface area contributed by atoms with Crippen LogP contribution in [0.3, 0.4) is 0 Å². The van der Waals surface area contributed by atoms with E-state index in [9.17, 15) is 21.6 Å². The minimum Gasteiger partial charge on any atom is -0.376 e. The van der Waals surface area contributed by atoms with Gasteiger partial charge in [-0.3, -0.25) is 0 Å². The number of hydrogen-bond acceptors (Lipinski definition) is 3. The molecule has 0 aliphatic rings. The second-order valence-corrected chi connectivity index (χ2v) is 5.00. The summed E-state index contributed by atoms with van der Waals surface area (Å²) in [4.78, 5) is 0. The summed E-state index contributed by atoms with van der Waals surface area (Å²) >= 11 is 10.9. The van der Waals surface area contributed by atoms with Crippen LogP contribution in [-0.4, -0.2) is 13.9 Å². The molecule has 16 heavy (non-hydrogen) atoms. The fraction of sp³-hybridized carbons (Fsp3) is 0.143. The Bertz CT molecular complexity index is 478. The van der Waals surface area contributed by atoms with Crippen LogP contribution in [0, 0.1) is 0 Å². The summed E-state index contributed by atoms with van der Waals surface area (Å²) in [5.41, 5.74) is -5.50. The molecule has 1 aromatic carbocycles. The molecule has 1 aromatic rings. The lowest BCUT2D eigenvalue weighted by Gasteiger charge is -2.09. The van der Waals surface area contributed by atoms with Gasteiger partial charge in [0.2, 0.25) is 0 Å². The van der Waals surface area contributed by atoms with E-state index in [1.165, 1.54) is 6.07 Å². The minimum atomic E-state index is -5.70. The molecule has 0 aliphatic heterocycles. The third kappa shape index (κ3) is 3.16. The smallest absolute Gasteiger partial charge is 0.376 e. The molecule has 0 amide bonds. The normalized spacial score (nSPS) is 12.6. The van der Waals surface area contributed by atoms with Gasteiger partial charge in [0, 0.05) is 22.2 Å². The van der Waals surface area contributed by atoms with E-state index >= 15 is 0 Å². The molecule has 0 aromatic heterocycles. The molecule has 1 rings (SSSR count).